The van der Waals surface area contributed by atoms with E-state index >= 15 is 0 Å². The van der Waals surface area contributed by atoms with E-state index in [2.05, 4.69) is 5.32 Å². The molecule has 2 amide bonds. The van der Waals surface area contributed by atoms with Gasteiger partial charge in [0.25, 0.3) is 5.91 Å². The van der Waals surface area contributed by atoms with Crippen LogP contribution in [0, 0.1) is 0 Å². The third-order valence-electron chi connectivity index (χ3n) is 3.55. The summed E-state index contributed by atoms with van der Waals surface area (Å²) in [7, 11) is 0. The van der Waals surface area contributed by atoms with E-state index in [4.69, 9.17) is 15.2 Å². The molecular weight excluding hydrogens is 348 g/mol. The predicted octanol–water partition coefficient (Wildman–Crippen LogP) is 2.76. The molecule has 2 aromatic carbocycles. The van der Waals surface area contributed by atoms with E-state index in [0.29, 0.717) is 22.6 Å². The zero-order chi connectivity index (χ0) is 20.0. The maximum atomic E-state index is 12.2. The number of carbonyl (C=O) groups excluding carboxylic acids is 3. The molecule has 0 radical (unpaired) electrons. The molecule has 2 rings (SSSR count). The summed E-state index contributed by atoms with van der Waals surface area (Å²) in [6, 6.07) is 12.6. The lowest BCUT2D eigenvalue weighted by atomic mass is 10.2. The van der Waals surface area contributed by atoms with E-state index in [1.54, 1.807) is 36.4 Å². The number of hydrogen-bond acceptors (Lipinski definition) is 5. The number of nitrogens with one attached hydrogen (secondary N) is 1. The van der Waals surface area contributed by atoms with E-state index < -0.39 is 23.9 Å². The lowest BCUT2D eigenvalue weighted by Crippen LogP contribution is -2.30. The SMILES string of the molecule is CC(C)Oc1ccc(C(=O)O[C@H](C)C(=O)Nc2ccc(C(N)=O)cc2)cc1. The zero-order valence-electron chi connectivity index (χ0n) is 15.4. The number of nitrogens with two attached hydrogens (primary N) is 1. The Morgan fingerprint density at radius 2 is 1.44 bits per heavy atom. The van der Waals surface area contributed by atoms with Crippen LogP contribution in [0.15, 0.2) is 48.5 Å². The molecule has 0 fully saturated rings. The normalized spacial score (nSPS) is 11.6. The van der Waals surface area contributed by atoms with Gasteiger partial charge in [0.1, 0.15) is 5.75 Å². The van der Waals surface area contributed by atoms with Crippen molar-refractivity contribution in [2.75, 3.05) is 5.32 Å². The standard InChI is InChI=1S/C20H22N2O5/c1-12(2)26-17-10-6-15(7-11-17)20(25)27-13(3)19(24)22-16-8-4-14(5-9-16)18(21)23/h4-13H,1-3H3,(H2,21,23)(H,22,24)/t13-/m1/s1. The van der Waals surface area contributed by atoms with Crippen LogP contribution in [-0.4, -0.2) is 30.0 Å². The molecule has 0 aromatic heterocycles. The third kappa shape index (κ3) is 5.85. The number of amides is 2. The van der Waals surface area contributed by atoms with Gasteiger partial charge in [0.15, 0.2) is 6.10 Å². The molecule has 0 heterocycles. The Morgan fingerprint density at radius 1 is 0.889 bits per heavy atom. The summed E-state index contributed by atoms with van der Waals surface area (Å²) >= 11 is 0. The summed E-state index contributed by atoms with van der Waals surface area (Å²) in [6.45, 7) is 5.29. The average molecular weight is 370 g/mol. The first kappa shape index (κ1) is 20.0. The Balaban J connectivity index is 1.92. The molecule has 7 heteroatoms. The van der Waals surface area contributed by atoms with Crippen molar-refractivity contribution in [2.45, 2.75) is 33.0 Å². The van der Waals surface area contributed by atoms with Gasteiger partial charge in [-0.25, -0.2) is 4.79 Å². The van der Waals surface area contributed by atoms with Gasteiger partial charge in [-0.05, 0) is 69.3 Å². The average Bonchev–Trinajstić information content (AvgIpc) is 2.62. The van der Waals surface area contributed by atoms with Gasteiger partial charge in [0.2, 0.25) is 5.91 Å². The van der Waals surface area contributed by atoms with Crippen molar-refractivity contribution in [3.8, 4) is 5.75 Å². The van der Waals surface area contributed by atoms with Gasteiger partial charge in [-0.3, -0.25) is 9.59 Å². The minimum Gasteiger partial charge on any atom is -0.491 e. The van der Waals surface area contributed by atoms with Crippen molar-refractivity contribution in [1.82, 2.24) is 0 Å². The van der Waals surface area contributed by atoms with Crippen LogP contribution in [0.5, 0.6) is 5.75 Å². The largest absolute Gasteiger partial charge is 0.491 e. The van der Waals surface area contributed by atoms with Gasteiger partial charge in [0.05, 0.1) is 11.7 Å². The highest BCUT2D eigenvalue weighted by Gasteiger charge is 2.19. The number of rotatable bonds is 7. The van der Waals surface area contributed by atoms with Gasteiger partial charge in [-0.2, -0.15) is 0 Å². The van der Waals surface area contributed by atoms with Crippen LogP contribution in [0.1, 0.15) is 41.5 Å². The summed E-state index contributed by atoms with van der Waals surface area (Å²) in [5, 5.41) is 2.61. The molecule has 0 aliphatic rings. The summed E-state index contributed by atoms with van der Waals surface area (Å²) in [4.78, 5) is 35.4. The second-order valence-corrected chi connectivity index (χ2v) is 6.17. The smallest absolute Gasteiger partial charge is 0.338 e. The summed E-state index contributed by atoms with van der Waals surface area (Å²) in [5.41, 5.74) is 6.27. The molecule has 0 unspecified atom stereocenters. The van der Waals surface area contributed by atoms with Crippen molar-refractivity contribution < 1.29 is 23.9 Å². The highest BCUT2D eigenvalue weighted by molar-refractivity contribution is 5.98. The molecule has 142 valence electrons. The van der Waals surface area contributed by atoms with E-state index in [1.165, 1.54) is 19.1 Å². The van der Waals surface area contributed by atoms with Crippen LogP contribution >= 0.6 is 0 Å². The lowest BCUT2D eigenvalue weighted by molar-refractivity contribution is -0.123. The molecule has 3 N–H and O–H groups in total. The highest BCUT2D eigenvalue weighted by Crippen LogP contribution is 2.15. The molecule has 0 bridgehead atoms. The topological polar surface area (TPSA) is 108 Å². The van der Waals surface area contributed by atoms with E-state index in [9.17, 15) is 14.4 Å². The van der Waals surface area contributed by atoms with Crippen molar-refractivity contribution >= 4 is 23.5 Å². The van der Waals surface area contributed by atoms with Crippen LogP contribution in [0.3, 0.4) is 0 Å². The first-order valence-electron chi connectivity index (χ1n) is 8.44. The fraction of sp³-hybridized carbons (Fsp3) is 0.250. The van der Waals surface area contributed by atoms with Crippen molar-refractivity contribution in [1.29, 1.82) is 0 Å². The van der Waals surface area contributed by atoms with E-state index in [-0.39, 0.29) is 6.10 Å². The molecule has 0 spiro atoms. The number of hydrogen-bond donors (Lipinski definition) is 2. The first-order valence-corrected chi connectivity index (χ1v) is 8.44. The summed E-state index contributed by atoms with van der Waals surface area (Å²) in [6.07, 6.45) is -0.969. The van der Waals surface area contributed by atoms with Crippen LogP contribution in [0.25, 0.3) is 0 Å². The molecule has 0 aliphatic heterocycles. The molecule has 0 saturated carbocycles. The molecule has 1 atom stereocenters. The Hall–Kier alpha value is -3.35. The fourth-order valence-corrected chi connectivity index (χ4v) is 2.19. The molecule has 2 aromatic rings. The Labute approximate surface area is 157 Å². The summed E-state index contributed by atoms with van der Waals surface area (Å²) in [5.74, 6) is -1.01. The maximum absolute atomic E-state index is 12.2. The van der Waals surface area contributed by atoms with Crippen LogP contribution < -0.4 is 15.8 Å². The fourth-order valence-electron chi connectivity index (χ4n) is 2.19. The number of esters is 1. The molecule has 27 heavy (non-hydrogen) atoms. The molecular formula is C20H22N2O5. The van der Waals surface area contributed by atoms with Crippen molar-refractivity contribution in [2.24, 2.45) is 5.73 Å². The number of carbonyl (C=O) groups is 3. The predicted molar refractivity (Wildman–Crippen MR) is 101 cm³/mol. The molecule has 7 nitrogen and oxygen atoms in total. The first-order chi connectivity index (χ1) is 12.8. The summed E-state index contributed by atoms with van der Waals surface area (Å²) < 4.78 is 10.7. The highest BCUT2D eigenvalue weighted by atomic mass is 16.5. The number of anilines is 1. The van der Waals surface area contributed by atoms with Gasteiger partial charge in [0, 0.05) is 11.3 Å². The van der Waals surface area contributed by atoms with Gasteiger partial charge in [-0.15, -0.1) is 0 Å². The Kier molecular flexibility index (Phi) is 6.54. The van der Waals surface area contributed by atoms with Crippen LogP contribution in [-0.2, 0) is 9.53 Å². The second-order valence-electron chi connectivity index (χ2n) is 6.17. The number of primary amides is 1. The van der Waals surface area contributed by atoms with Gasteiger partial charge in [-0.1, -0.05) is 0 Å². The lowest BCUT2D eigenvalue weighted by Gasteiger charge is -2.14. The number of benzene rings is 2. The minimum absolute atomic E-state index is 0.0311. The number of ether oxygens (including phenoxy) is 2. The molecule has 0 aliphatic carbocycles. The van der Waals surface area contributed by atoms with Gasteiger partial charge >= 0.3 is 5.97 Å². The van der Waals surface area contributed by atoms with Gasteiger partial charge < -0.3 is 20.5 Å². The van der Waals surface area contributed by atoms with E-state index in [0.717, 1.165) is 0 Å². The quantitative estimate of drug-likeness (QED) is 0.729. The minimum atomic E-state index is -1.00. The monoisotopic (exact) mass is 370 g/mol. The van der Waals surface area contributed by atoms with Crippen LogP contribution in [0.2, 0.25) is 0 Å². The van der Waals surface area contributed by atoms with E-state index in [1.807, 2.05) is 13.8 Å². The third-order valence-corrected chi connectivity index (χ3v) is 3.55. The Bertz CT molecular complexity index is 813. The zero-order valence-corrected chi connectivity index (χ0v) is 15.4. The molecule has 0 saturated heterocycles. The second kappa shape index (κ2) is 8.84. The maximum Gasteiger partial charge on any atom is 0.338 e. The Morgan fingerprint density at radius 3 is 1.96 bits per heavy atom. The van der Waals surface area contributed by atoms with Crippen LogP contribution in [0.4, 0.5) is 5.69 Å². The van der Waals surface area contributed by atoms with Crippen molar-refractivity contribution in [3.05, 3.63) is 59.7 Å². The van der Waals surface area contributed by atoms with Crippen molar-refractivity contribution in [3.63, 3.8) is 0 Å².